The van der Waals surface area contributed by atoms with Crippen LogP contribution in [0.2, 0.25) is 0 Å². The van der Waals surface area contributed by atoms with E-state index in [1.54, 1.807) is 26.8 Å². The Labute approximate surface area is 296 Å². The minimum Gasteiger partial charge on any atom is -0.444 e. The summed E-state index contributed by atoms with van der Waals surface area (Å²) in [4.78, 5) is 12.6. The molecule has 2 aliphatic rings. The lowest BCUT2D eigenvalue weighted by Crippen LogP contribution is -2.65. The van der Waals surface area contributed by atoms with E-state index in [9.17, 15) is 45.6 Å². The van der Waals surface area contributed by atoms with Crippen LogP contribution >= 0.6 is 0 Å². The number of ether oxygens (including phenoxy) is 5. The average Bonchev–Trinajstić information content (AvgIpc) is 3.06. The van der Waals surface area contributed by atoms with Crippen molar-refractivity contribution in [3.63, 3.8) is 0 Å². The Morgan fingerprint density at radius 2 is 1.30 bits per heavy atom. The zero-order valence-electron chi connectivity index (χ0n) is 30.2. The summed E-state index contributed by atoms with van der Waals surface area (Å²) < 4.78 is 27.6. The summed E-state index contributed by atoms with van der Waals surface area (Å²) >= 11 is 0. The molecule has 1 amide bonds. The quantitative estimate of drug-likeness (QED) is 0.0563. The first-order valence-electron chi connectivity index (χ1n) is 18.3. The van der Waals surface area contributed by atoms with Gasteiger partial charge in [-0.2, -0.15) is 0 Å². The molecule has 0 saturated carbocycles. The van der Waals surface area contributed by atoms with Gasteiger partial charge in [-0.25, -0.2) is 4.79 Å². The first kappa shape index (κ1) is 44.7. The molecule has 0 aromatic rings. The van der Waals surface area contributed by atoms with Crippen LogP contribution in [-0.2, 0) is 23.7 Å². The fourth-order valence-corrected chi connectivity index (χ4v) is 5.87. The Balaban J connectivity index is 1.94. The van der Waals surface area contributed by atoms with Crippen molar-refractivity contribution in [2.45, 2.75) is 184 Å². The van der Waals surface area contributed by atoms with Gasteiger partial charge in [-0.3, -0.25) is 0 Å². The molecule has 2 aliphatic heterocycles. The Bertz CT molecular complexity index is 947. The predicted molar refractivity (Wildman–Crippen MR) is 182 cm³/mol. The molecule has 0 spiro atoms. The van der Waals surface area contributed by atoms with Gasteiger partial charge >= 0.3 is 6.09 Å². The number of alkyl carbamates (subject to hydrolysis) is 1. The molecular weight excluding hydrogens is 658 g/mol. The average molecular weight is 724 g/mol. The number of hydrogen-bond acceptors (Lipinski definition) is 14. The molecule has 2 heterocycles. The normalized spacial score (nSPS) is 31.8. The highest BCUT2D eigenvalue weighted by atomic mass is 16.7. The van der Waals surface area contributed by atoms with Crippen LogP contribution in [-0.4, -0.2) is 146 Å². The lowest BCUT2D eigenvalue weighted by atomic mass is 9.97. The number of rotatable bonds is 22. The van der Waals surface area contributed by atoms with E-state index in [4.69, 9.17) is 23.7 Å². The molecule has 0 aromatic carbocycles. The van der Waals surface area contributed by atoms with Crippen LogP contribution in [0, 0.1) is 0 Å². The number of amides is 1. The Morgan fingerprint density at radius 3 is 1.86 bits per heavy atom. The SMILES string of the molecule is CCCCCCCCCCCCC/C=C/[C@@H](O)[C@H](CO[C@@H]1OC(CO)[C@@H](O[C@@H]2OC(CO)[C@H](O)[C@H](O)C2O)[C@H](O)C1O)NC(=O)OC(C)(C)C. The van der Waals surface area contributed by atoms with Gasteiger partial charge in [0.05, 0.1) is 32.0 Å². The van der Waals surface area contributed by atoms with E-state index in [0.29, 0.717) is 0 Å². The number of aliphatic hydroxyl groups is 8. The highest BCUT2D eigenvalue weighted by molar-refractivity contribution is 5.68. The molecule has 0 bridgehead atoms. The largest absolute Gasteiger partial charge is 0.444 e. The van der Waals surface area contributed by atoms with Gasteiger partial charge in [-0.15, -0.1) is 0 Å². The second-order valence-electron chi connectivity index (χ2n) is 14.3. The van der Waals surface area contributed by atoms with Crippen molar-refractivity contribution in [1.82, 2.24) is 5.32 Å². The maximum Gasteiger partial charge on any atom is 0.408 e. The van der Waals surface area contributed by atoms with Crippen molar-refractivity contribution < 1.29 is 69.3 Å². The summed E-state index contributed by atoms with van der Waals surface area (Å²) in [5.41, 5.74) is -0.817. The number of allylic oxidation sites excluding steroid dienone is 1. The summed E-state index contributed by atoms with van der Waals surface area (Å²) in [6.07, 6.45) is -0.538. The van der Waals surface area contributed by atoms with Crippen LogP contribution < -0.4 is 5.32 Å². The van der Waals surface area contributed by atoms with Gasteiger partial charge in [-0.05, 0) is 33.6 Å². The van der Waals surface area contributed by atoms with E-state index in [2.05, 4.69) is 12.2 Å². The summed E-state index contributed by atoms with van der Waals surface area (Å²) in [7, 11) is 0. The molecule has 2 saturated heterocycles. The topological polar surface area (TPSA) is 237 Å². The number of hydrogen-bond donors (Lipinski definition) is 9. The van der Waals surface area contributed by atoms with Crippen molar-refractivity contribution >= 4 is 6.09 Å². The Kier molecular flexibility index (Phi) is 20.8. The second kappa shape index (κ2) is 23.2. The third-order valence-electron chi connectivity index (χ3n) is 8.82. The van der Waals surface area contributed by atoms with Gasteiger partial charge in [0.1, 0.15) is 54.4 Å². The van der Waals surface area contributed by atoms with Crippen molar-refractivity contribution in [2.75, 3.05) is 19.8 Å². The Morgan fingerprint density at radius 1 is 0.760 bits per heavy atom. The number of unbranched alkanes of at least 4 members (excludes halogenated alkanes) is 11. The summed E-state index contributed by atoms with van der Waals surface area (Å²) in [5, 5.41) is 85.2. The molecule has 0 aliphatic carbocycles. The van der Waals surface area contributed by atoms with Crippen LogP contribution in [0.5, 0.6) is 0 Å². The molecule has 0 aromatic heterocycles. The van der Waals surface area contributed by atoms with Crippen LogP contribution in [0.3, 0.4) is 0 Å². The molecular formula is C35H65NO14. The van der Waals surface area contributed by atoms with Gasteiger partial charge in [0.2, 0.25) is 0 Å². The number of carbonyl (C=O) groups is 1. The number of carbonyl (C=O) groups excluding carboxylic acids is 1. The first-order chi connectivity index (χ1) is 23.7. The van der Waals surface area contributed by atoms with Crippen molar-refractivity contribution in [2.24, 2.45) is 0 Å². The monoisotopic (exact) mass is 723 g/mol. The standard InChI is InChI=1S/C35H65NO14/c1-5-6-7-8-9-10-11-12-13-14-15-16-17-18-23(39)22(36-34(45)50-35(2,3)4)21-46-32-30(44)28(42)31(25(20-38)48-32)49-33-29(43)27(41)26(40)24(19-37)47-33/h17-18,22-33,37-44H,5-16,19-21H2,1-4H3,(H,36,45)/b18-17+/t22-,23+,24?,25?,26-,27-,28+,29?,30?,31+,32+,33-/m0/s1. The van der Waals surface area contributed by atoms with Crippen LogP contribution in [0.1, 0.15) is 105 Å². The van der Waals surface area contributed by atoms with Crippen LogP contribution in [0.4, 0.5) is 4.79 Å². The van der Waals surface area contributed by atoms with Crippen molar-refractivity contribution in [3.8, 4) is 0 Å². The maximum absolute atomic E-state index is 12.6. The summed E-state index contributed by atoms with van der Waals surface area (Å²) in [5.74, 6) is 0. The van der Waals surface area contributed by atoms with E-state index >= 15 is 0 Å². The van der Waals surface area contributed by atoms with Gasteiger partial charge in [0.15, 0.2) is 12.6 Å². The molecule has 15 heteroatoms. The molecule has 294 valence electrons. The fraction of sp³-hybridized carbons (Fsp3) is 0.914. The van der Waals surface area contributed by atoms with E-state index in [1.165, 1.54) is 51.4 Å². The molecule has 9 N–H and O–H groups in total. The zero-order valence-corrected chi connectivity index (χ0v) is 30.2. The van der Waals surface area contributed by atoms with E-state index in [1.807, 2.05) is 6.08 Å². The van der Waals surface area contributed by atoms with Gasteiger partial charge in [0.25, 0.3) is 0 Å². The minimum absolute atomic E-state index is 0.395. The molecule has 50 heavy (non-hydrogen) atoms. The Hall–Kier alpha value is -1.47. The van der Waals surface area contributed by atoms with Gasteiger partial charge in [-0.1, -0.05) is 83.3 Å². The minimum atomic E-state index is -1.80. The van der Waals surface area contributed by atoms with E-state index < -0.39 is 105 Å². The van der Waals surface area contributed by atoms with Crippen molar-refractivity contribution in [1.29, 1.82) is 0 Å². The maximum atomic E-state index is 12.6. The fourth-order valence-electron chi connectivity index (χ4n) is 5.87. The smallest absolute Gasteiger partial charge is 0.408 e. The molecule has 15 nitrogen and oxygen atoms in total. The van der Waals surface area contributed by atoms with Gasteiger partial charge < -0.3 is 69.9 Å². The number of nitrogens with one attached hydrogen (secondary N) is 1. The first-order valence-corrected chi connectivity index (χ1v) is 18.3. The van der Waals surface area contributed by atoms with Crippen molar-refractivity contribution in [3.05, 3.63) is 12.2 Å². The van der Waals surface area contributed by atoms with E-state index in [-0.39, 0.29) is 0 Å². The second-order valence-corrected chi connectivity index (χ2v) is 14.3. The predicted octanol–water partition coefficient (Wildman–Crippen LogP) is 1.14. The zero-order chi connectivity index (χ0) is 37.3. The highest BCUT2D eigenvalue weighted by Gasteiger charge is 2.51. The lowest BCUT2D eigenvalue weighted by Gasteiger charge is -2.46. The molecule has 2 fully saturated rings. The molecule has 12 atom stereocenters. The van der Waals surface area contributed by atoms with Gasteiger partial charge in [0, 0.05) is 0 Å². The summed E-state index contributed by atoms with van der Waals surface area (Å²) in [6.45, 7) is 5.44. The lowest BCUT2D eigenvalue weighted by molar-refractivity contribution is -0.359. The highest BCUT2D eigenvalue weighted by Crippen LogP contribution is 2.29. The third-order valence-corrected chi connectivity index (χ3v) is 8.82. The van der Waals surface area contributed by atoms with E-state index in [0.717, 1.165) is 25.7 Å². The molecule has 4 unspecified atom stereocenters. The number of aliphatic hydroxyl groups excluding tert-OH is 8. The molecule has 0 radical (unpaired) electrons. The summed E-state index contributed by atoms with van der Waals surface area (Å²) in [6, 6.07) is -1.05. The molecule has 2 rings (SSSR count). The van der Waals surface area contributed by atoms with Crippen LogP contribution in [0.25, 0.3) is 0 Å². The van der Waals surface area contributed by atoms with Crippen LogP contribution in [0.15, 0.2) is 12.2 Å². The third kappa shape index (κ3) is 15.2.